The number of rotatable bonds is 5. The van der Waals surface area contributed by atoms with Gasteiger partial charge in [0.1, 0.15) is 16.6 Å². The van der Waals surface area contributed by atoms with Crippen molar-refractivity contribution in [3.05, 3.63) is 77.3 Å². The van der Waals surface area contributed by atoms with Gasteiger partial charge in [0.05, 0.1) is 11.7 Å². The van der Waals surface area contributed by atoms with Crippen molar-refractivity contribution >= 4 is 33.1 Å². The molecule has 4 rings (SSSR count). The summed E-state index contributed by atoms with van der Waals surface area (Å²) in [7, 11) is 0. The highest BCUT2D eigenvalue weighted by molar-refractivity contribution is 7.21. The van der Waals surface area contributed by atoms with Gasteiger partial charge >= 0.3 is 0 Å². The van der Waals surface area contributed by atoms with Crippen molar-refractivity contribution in [1.29, 1.82) is 0 Å². The molecule has 0 saturated carbocycles. The van der Waals surface area contributed by atoms with Gasteiger partial charge in [-0.3, -0.25) is 14.2 Å². The highest BCUT2D eigenvalue weighted by Crippen LogP contribution is 2.31. The largest absolute Gasteiger partial charge is 0.508 e. The van der Waals surface area contributed by atoms with E-state index < -0.39 is 6.04 Å². The molecule has 0 saturated heterocycles. The van der Waals surface area contributed by atoms with E-state index in [1.165, 1.54) is 34.4 Å². The van der Waals surface area contributed by atoms with Crippen LogP contribution in [0, 0.1) is 0 Å². The lowest BCUT2D eigenvalue weighted by Gasteiger charge is -2.17. The van der Waals surface area contributed by atoms with Crippen LogP contribution in [0.5, 0.6) is 5.75 Å². The molecular formula is C22H19N3O3S. The van der Waals surface area contributed by atoms with Crippen LogP contribution in [0.2, 0.25) is 0 Å². The highest BCUT2D eigenvalue weighted by Gasteiger charge is 2.22. The van der Waals surface area contributed by atoms with Crippen molar-refractivity contribution in [3.63, 3.8) is 0 Å². The average Bonchev–Trinajstić information content (AvgIpc) is 3.18. The molecule has 0 aliphatic rings. The van der Waals surface area contributed by atoms with E-state index in [4.69, 9.17) is 0 Å². The molecule has 1 amide bonds. The maximum atomic E-state index is 13.1. The molecule has 1 atom stereocenters. The molecule has 1 unspecified atom stereocenters. The molecule has 0 aliphatic heterocycles. The number of nitrogens with one attached hydrogen (secondary N) is 1. The normalized spacial score (nSPS) is 12.0. The van der Waals surface area contributed by atoms with Gasteiger partial charge in [-0.05, 0) is 42.3 Å². The zero-order chi connectivity index (χ0) is 20.4. The van der Waals surface area contributed by atoms with Crippen molar-refractivity contribution in [1.82, 2.24) is 9.55 Å². The van der Waals surface area contributed by atoms with E-state index in [-0.39, 0.29) is 17.2 Å². The summed E-state index contributed by atoms with van der Waals surface area (Å²) in [6, 6.07) is 17.2. The third-order valence-electron chi connectivity index (χ3n) is 4.70. The van der Waals surface area contributed by atoms with Gasteiger partial charge in [-0.2, -0.15) is 0 Å². The monoisotopic (exact) mass is 405 g/mol. The quantitative estimate of drug-likeness (QED) is 0.482. The van der Waals surface area contributed by atoms with Gasteiger partial charge in [0.25, 0.3) is 5.56 Å². The van der Waals surface area contributed by atoms with Crippen LogP contribution in [0.3, 0.4) is 0 Å². The van der Waals surface area contributed by atoms with E-state index in [2.05, 4.69) is 10.3 Å². The number of thiophene rings is 1. The Balaban J connectivity index is 1.68. The number of carbonyl (C=O) groups is 1. The number of phenols is 1. The topological polar surface area (TPSA) is 84.2 Å². The van der Waals surface area contributed by atoms with Gasteiger partial charge in [0.15, 0.2) is 0 Å². The second-order valence-electron chi connectivity index (χ2n) is 6.61. The summed E-state index contributed by atoms with van der Waals surface area (Å²) in [5.41, 5.74) is 1.34. The van der Waals surface area contributed by atoms with Crippen LogP contribution in [-0.4, -0.2) is 20.6 Å². The summed E-state index contributed by atoms with van der Waals surface area (Å²) in [5.74, 6) is -0.187. The lowest BCUT2D eigenvalue weighted by molar-refractivity contribution is -0.119. The minimum absolute atomic E-state index is 0.118. The molecule has 2 N–H and O–H groups in total. The Morgan fingerprint density at radius 1 is 1.17 bits per heavy atom. The van der Waals surface area contributed by atoms with E-state index in [1.54, 1.807) is 12.1 Å². The molecular weight excluding hydrogens is 386 g/mol. The first-order valence-corrected chi connectivity index (χ1v) is 10.0. The minimum atomic E-state index is -0.687. The Morgan fingerprint density at radius 3 is 2.59 bits per heavy atom. The highest BCUT2D eigenvalue weighted by atomic mass is 32.1. The Labute approximate surface area is 171 Å². The van der Waals surface area contributed by atoms with Crippen molar-refractivity contribution in [2.24, 2.45) is 0 Å². The number of aromatic hydroxyl groups is 1. The molecule has 0 radical (unpaired) electrons. The number of phenolic OH excluding ortho intramolecular Hbond substituents is 1. The summed E-state index contributed by atoms with van der Waals surface area (Å²) in [6.07, 6.45) is 1.88. The second kappa shape index (κ2) is 7.89. The standard InChI is InChI=1S/C22H19N3O3S/c1-2-18(20(27)24-15-8-10-16(26)11-9-15)25-13-23-21-17(22(25)28)12-19(29-21)14-6-4-3-5-7-14/h3-13,18,26H,2H2,1H3,(H,24,27). The first kappa shape index (κ1) is 18.9. The van der Waals surface area contributed by atoms with Crippen LogP contribution >= 0.6 is 11.3 Å². The SMILES string of the molecule is CCC(C(=O)Nc1ccc(O)cc1)n1cnc2sc(-c3ccccc3)cc2c1=O. The van der Waals surface area contributed by atoms with E-state index in [0.717, 1.165) is 10.4 Å². The van der Waals surface area contributed by atoms with Gasteiger partial charge in [-0.1, -0.05) is 37.3 Å². The fourth-order valence-corrected chi connectivity index (χ4v) is 4.18. The molecule has 4 aromatic rings. The Kier molecular flexibility index (Phi) is 5.14. The summed E-state index contributed by atoms with van der Waals surface area (Å²) in [5, 5.41) is 12.7. The van der Waals surface area contributed by atoms with Crippen LogP contribution in [0.25, 0.3) is 20.7 Å². The third-order valence-corrected chi connectivity index (χ3v) is 5.79. The van der Waals surface area contributed by atoms with Crippen molar-refractivity contribution in [2.45, 2.75) is 19.4 Å². The molecule has 6 nitrogen and oxygen atoms in total. The average molecular weight is 405 g/mol. The maximum Gasteiger partial charge on any atom is 0.262 e. The fourth-order valence-electron chi connectivity index (χ4n) is 3.18. The molecule has 2 heterocycles. The number of hydrogen-bond donors (Lipinski definition) is 2. The van der Waals surface area contributed by atoms with Gasteiger partial charge in [-0.25, -0.2) is 4.98 Å². The molecule has 2 aromatic carbocycles. The van der Waals surface area contributed by atoms with Crippen LogP contribution < -0.4 is 10.9 Å². The third kappa shape index (κ3) is 3.77. The zero-order valence-corrected chi connectivity index (χ0v) is 16.5. The smallest absolute Gasteiger partial charge is 0.262 e. The van der Waals surface area contributed by atoms with Crippen molar-refractivity contribution in [3.8, 4) is 16.2 Å². The number of benzene rings is 2. The lowest BCUT2D eigenvalue weighted by Crippen LogP contribution is -2.33. The molecule has 0 bridgehead atoms. The number of aromatic nitrogens is 2. The van der Waals surface area contributed by atoms with Crippen LogP contribution in [0.4, 0.5) is 5.69 Å². The molecule has 7 heteroatoms. The molecule has 0 spiro atoms. The predicted octanol–water partition coefficient (Wildman–Crippen LogP) is 4.42. The Bertz CT molecular complexity index is 1210. The number of amides is 1. The number of anilines is 1. The summed E-state index contributed by atoms with van der Waals surface area (Å²) in [4.78, 5) is 31.9. The number of carbonyl (C=O) groups excluding carboxylic acids is 1. The molecule has 0 fully saturated rings. The van der Waals surface area contributed by atoms with Crippen molar-refractivity contribution in [2.75, 3.05) is 5.32 Å². The van der Waals surface area contributed by atoms with Gasteiger partial charge in [0.2, 0.25) is 5.91 Å². The maximum absolute atomic E-state index is 13.1. The molecule has 146 valence electrons. The summed E-state index contributed by atoms with van der Waals surface area (Å²) < 4.78 is 1.39. The van der Waals surface area contributed by atoms with Crippen LogP contribution in [-0.2, 0) is 4.79 Å². The predicted molar refractivity (Wildman–Crippen MR) is 115 cm³/mol. The summed E-state index contributed by atoms with van der Waals surface area (Å²) in [6.45, 7) is 1.85. The van der Waals surface area contributed by atoms with Crippen LogP contribution in [0.15, 0.2) is 71.8 Å². The Morgan fingerprint density at radius 2 is 1.90 bits per heavy atom. The first-order chi connectivity index (χ1) is 14.1. The first-order valence-electron chi connectivity index (χ1n) is 9.23. The molecule has 29 heavy (non-hydrogen) atoms. The molecule has 0 aliphatic carbocycles. The number of fused-ring (bicyclic) bond motifs is 1. The van der Waals surface area contributed by atoms with Crippen LogP contribution in [0.1, 0.15) is 19.4 Å². The van der Waals surface area contributed by atoms with E-state index in [9.17, 15) is 14.7 Å². The van der Waals surface area contributed by atoms with E-state index in [0.29, 0.717) is 22.3 Å². The minimum Gasteiger partial charge on any atom is -0.508 e. The van der Waals surface area contributed by atoms with Gasteiger partial charge < -0.3 is 10.4 Å². The number of hydrogen-bond acceptors (Lipinski definition) is 5. The van der Waals surface area contributed by atoms with Crippen molar-refractivity contribution < 1.29 is 9.90 Å². The second-order valence-corrected chi connectivity index (χ2v) is 7.64. The Hall–Kier alpha value is -3.45. The fraction of sp³-hybridized carbons (Fsp3) is 0.136. The van der Waals surface area contributed by atoms with E-state index >= 15 is 0 Å². The number of nitrogens with zero attached hydrogens (tertiary/aromatic N) is 2. The zero-order valence-electron chi connectivity index (χ0n) is 15.7. The van der Waals surface area contributed by atoms with E-state index in [1.807, 2.05) is 43.3 Å². The van der Waals surface area contributed by atoms with Gasteiger partial charge in [-0.15, -0.1) is 11.3 Å². The summed E-state index contributed by atoms with van der Waals surface area (Å²) >= 11 is 1.46. The molecule has 2 aromatic heterocycles. The lowest BCUT2D eigenvalue weighted by atomic mass is 10.1. The van der Waals surface area contributed by atoms with Gasteiger partial charge in [0, 0.05) is 10.6 Å².